The van der Waals surface area contributed by atoms with E-state index >= 15 is 0 Å². The smallest absolute Gasteiger partial charge is 0.451 e. The van der Waals surface area contributed by atoms with E-state index in [1.54, 1.807) is 20.8 Å². The molecule has 116 valence electrons. The van der Waals surface area contributed by atoms with Crippen molar-refractivity contribution in [3.8, 4) is 0 Å². The molecule has 1 aromatic heterocycles. The van der Waals surface area contributed by atoms with Crippen molar-refractivity contribution in [2.24, 2.45) is 0 Å². The third-order valence-electron chi connectivity index (χ3n) is 2.94. The van der Waals surface area contributed by atoms with Crippen LogP contribution >= 0.6 is 0 Å². The van der Waals surface area contributed by atoms with Gasteiger partial charge in [0, 0.05) is 6.54 Å². The van der Waals surface area contributed by atoms with E-state index in [1.165, 1.54) is 12.0 Å². The Morgan fingerprint density at radius 1 is 1.24 bits per heavy atom. The number of methoxy groups -OCH3 is 1. The number of ether oxygens (including phenoxy) is 2. The summed E-state index contributed by atoms with van der Waals surface area (Å²) in [5, 5.41) is 0. The molecule has 21 heavy (non-hydrogen) atoms. The Balaban J connectivity index is 2.26. The van der Waals surface area contributed by atoms with Gasteiger partial charge in [-0.2, -0.15) is 0 Å². The molecule has 0 bridgehead atoms. The number of amides is 1. The summed E-state index contributed by atoms with van der Waals surface area (Å²) in [4.78, 5) is 36.9. The zero-order chi connectivity index (χ0) is 15.8. The molecule has 0 saturated carbocycles. The molecule has 0 radical (unpaired) electrons. The van der Waals surface area contributed by atoms with Crippen LogP contribution in [0.4, 0.5) is 9.59 Å². The number of hydrogen-bond acceptors (Lipinski definition) is 6. The van der Waals surface area contributed by atoms with Gasteiger partial charge in [0.05, 0.1) is 19.2 Å². The highest BCUT2D eigenvalue weighted by atomic mass is 16.6. The van der Waals surface area contributed by atoms with Crippen LogP contribution < -0.4 is 5.56 Å². The highest BCUT2D eigenvalue weighted by molar-refractivity contribution is 5.70. The molecule has 0 saturated heterocycles. The standard InChI is InChI=1S/C13H18N2O6/c1-13(2,3)20-12(18)15-10(16)8-5-6-14(11(17)19-4)7-9(8)21-15/h5-7H2,1-4H3. The van der Waals surface area contributed by atoms with Crippen LogP contribution in [0.1, 0.15) is 32.1 Å². The molecule has 0 spiro atoms. The molecular weight excluding hydrogens is 280 g/mol. The van der Waals surface area contributed by atoms with Gasteiger partial charge in [0.2, 0.25) is 0 Å². The van der Waals surface area contributed by atoms with Crippen LogP contribution in [-0.4, -0.2) is 41.1 Å². The average Bonchev–Trinajstić information content (AvgIpc) is 2.73. The molecule has 2 rings (SSSR count). The van der Waals surface area contributed by atoms with Gasteiger partial charge in [-0.1, -0.05) is 4.74 Å². The first-order valence-electron chi connectivity index (χ1n) is 6.53. The van der Waals surface area contributed by atoms with Crippen molar-refractivity contribution in [1.82, 2.24) is 9.64 Å². The van der Waals surface area contributed by atoms with Gasteiger partial charge >= 0.3 is 12.2 Å². The first kappa shape index (κ1) is 15.1. The normalized spacial score (nSPS) is 14.6. The molecule has 0 N–H and O–H groups in total. The Bertz CT molecular complexity index is 622. The molecule has 1 aliphatic heterocycles. The van der Waals surface area contributed by atoms with Crippen LogP contribution in [0.5, 0.6) is 0 Å². The summed E-state index contributed by atoms with van der Waals surface area (Å²) >= 11 is 0. The van der Waals surface area contributed by atoms with Gasteiger partial charge < -0.3 is 18.9 Å². The van der Waals surface area contributed by atoms with Crippen molar-refractivity contribution in [2.45, 2.75) is 39.3 Å². The fraction of sp³-hybridized carbons (Fsp3) is 0.615. The number of aromatic nitrogens is 1. The lowest BCUT2D eigenvalue weighted by Gasteiger charge is -2.23. The van der Waals surface area contributed by atoms with Crippen molar-refractivity contribution in [1.29, 1.82) is 0 Å². The van der Waals surface area contributed by atoms with Crippen molar-refractivity contribution < 1.29 is 23.6 Å². The SMILES string of the molecule is COC(=O)N1CCc2c(on(C(=O)OC(C)(C)C)c2=O)C1. The van der Waals surface area contributed by atoms with Crippen LogP contribution in [-0.2, 0) is 22.4 Å². The van der Waals surface area contributed by atoms with E-state index in [0.717, 1.165) is 0 Å². The van der Waals surface area contributed by atoms with E-state index in [4.69, 9.17) is 9.26 Å². The molecule has 0 atom stereocenters. The number of carbonyl (C=O) groups is 2. The minimum atomic E-state index is -0.869. The zero-order valence-electron chi connectivity index (χ0n) is 12.5. The molecule has 1 amide bonds. The van der Waals surface area contributed by atoms with Crippen LogP contribution in [0.15, 0.2) is 9.32 Å². The topological polar surface area (TPSA) is 91.0 Å². The minimum absolute atomic E-state index is 0.0903. The molecular formula is C13H18N2O6. The first-order chi connectivity index (χ1) is 9.73. The van der Waals surface area contributed by atoms with Crippen molar-refractivity contribution in [2.75, 3.05) is 13.7 Å². The predicted octanol–water partition coefficient (Wildman–Crippen LogP) is 1.35. The van der Waals surface area contributed by atoms with E-state index in [0.29, 0.717) is 23.3 Å². The van der Waals surface area contributed by atoms with Gasteiger partial charge in [0.25, 0.3) is 5.56 Å². The number of hydrogen-bond donors (Lipinski definition) is 0. The Kier molecular flexibility index (Phi) is 3.80. The third kappa shape index (κ3) is 3.09. The summed E-state index contributed by atoms with van der Waals surface area (Å²) in [6, 6.07) is 0. The van der Waals surface area contributed by atoms with Crippen LogP contribution in [0.25, 0.3) is 0 Å². The predicted molar refractivity (Wildman–Crippen MR) is 71.1 cm³/mol. The molecule has 0 aliphatic carbocycles. The van der Waals surface area contributed by atoms with E-state index in [-0.39, 0.29) is 12.3 Å². The van der Waals surface area contributed by atoms with Gasteiger partial charge in [-0.05, 0) is 27.2 Å². The number of rotatable bonds is 0. The van der Waals surface area contributed by atoms with Crippen LogP contribution in [0.2, 0.25) is 0 Å². The maximum Gasteiger partial charge on any atom is 0.451 e. The lowest BCUT2D eigenvalue weighted by Crippen LogP contribution is -2.37. The maximum absolute atomic E-state index is 12.1. The van der Waals surface area contributed by atoms with E-state index < -0.39 is 23.3 Å². The summed E-state index contributed by atoms with van der Waals surface area (Å²) in [6.07, 6.45) is -1.07. The summed E-state index contributed by atoms with van der Waals surface area (Å²) in [5.41, 5.74) is -0.883. The zero-order valence-corrected chi connectivity index (χ0v) is 12.5. The van der Waals surface area contributed by atoms with Crippen molar-refractivity contribution >= 4 is 12.2 Å². The Hall–Kier alpha value is -2.25. The second kappa shape index (κ2) is 5.27. The van der Waals surface area contributed by atoms with E-state index in [1.807, 2.05) is 0 Å². The Labute approximate surface area is 121 Å². The quantitative estimate of drug-likeness (QED) is 0.718. The lowest BCUT2D eigenvalue weighted by molar-refractivity contribution is 0.0358. The highest BCUT2D eigenvalue weighted by Crippen LogP contribution is 2.18. The number of carbonyl (C=O) groups excluding carboxylic acids is 2. The second-order valence-electron chi connectivity index (χ2n) is 5.71. The molecule has 8 nitrogen and oxygen atoms in total. The maximum atomic E-state index is 12.1. The first-order valence-corrected chi connectivity index (χ1v) is 6.53. The van der Waals surface area contributed by atoms with Crippen molar-refractivity contribution in [3.63, 3.8) is 0 Å². The number of fused-ring (bicyclic) bond motifs is 1. The van der Waals surface area contributed by atoms with Gasteiger partial charge in [-0.3, -0.25) is 4.79 Å². The van der Waals surface area contributed by atoms with Crippen LogP contribution in [0, 0.1) is 0 Å². The summed E-state index contributed by atoms with van der Waals surface area (Å²) < 4.78 is 15.6. The summed E-state index contributed by atoms with van der Waals surface area (Å²) in [6.45, 7) is 5.50. The molecule has 1 aromatic rings. The monoisotopic (exact) mass is 298 g/mol. The van der Waals surface area contributed by atoms with Gasteiger partial charge in [0.15, 0.2) is 5.76 Å². The van der Waals surface area contributed by atoms with Crippen molar-refractivity contribution in [3.05, 3.63) is 21.7 Å². The summed E-state index contributed by atoms with van der Waals surface area (Å²) in [5.74, 6) is 0.280. The molecule has 1 aliphatic rings. The van der Waals surface area contributed by atoms with Gasteiger partial charge in [0.1, 0.15) is 5.60 Å². The second-order valence-corrected chi connectivity index (χ2v) is 5.71. The Morgan fingerprint density at radius 3 is 2.48 bits per heavy atom. The van der Waals surface area contributed by atoms with Gasteiger partial charge in [-0.25, -0.2) is 9.59 Å². The van der Waals surface area contributed by atoms with Gasteiger partial charge in [-0.15, -0.1) is 0 Å². The molecule has 0 fully saturated rings. The fourth-order valence-electron chi connectivity index (χ4n) is 2.03. The molecule has 0 aromatic carbocycles. The highest BCUT2D eigenvalue weighted by Gasteiger charge is 2.31. The molecule has 8 heteroatoms. The van der Waals surface area contributed by atoms with Crippen LogP contribution in [0.3, 0.4) is 0 Å². The molecule has 2 heterocycles. The minimum Gasteiger partial charge on any atom is -0.453 e. The molecule has 0 unspecified atom stereocenters. The Morgan fingerprint density at radius 2 is 1.90 bits per heavy atom. The number of nitrogens with zero attached hydrogens (tertiary/aromatic N) is 2. The average molecular weight is 298 g/mol. The van der Waals surface area contributed by atoms with E-state index in [2.05, 4.69) is 4.74 Å². The van der Waals surface area contributed by atoms with E-state index in [9.17, 15) is 14.4 Å². The third-order valence-corrected chi connectivity index (χ3v) is 2.94. The lowest BCUT2D eigenvalue weighted by atomic mass is 10.1. The fourth-order valence-corrected chi connectivity index (χ4v) is 2.03. The summed E-state index contributed by atoms with van der Waals surface area (Å²) in [7, 11) is 1.28. The largest absolute Gasteiger partial charge is 0.453 e.